The first-order valence-corrected chi connectivity index (χ1v) is 9.97. The number of pyridine rings is 1. The molecule has 0 radical (unpaired) electrons. The van der Waals surface area contributed by atoms with Gasteiger partial charge >= 0.3 is 0 Å². The van der Waals surface area contributed by atoms with E-state index in [1.165, 1.54) is 6.07 Å². The third kappa shape index (κ3) is 2.43. The summed E-state index contributed by atoms with van der Waals surface area (Å²) >= 11 is 0. The van der Waals surface area contributed by atoms with Gasteiger partial charge in [0.2, 0.25) is 5.69 Å². The standard InChI is InChI=1S/C16H18F2NS.C2H6/c1-4-20(3)11(2)13-9-12(17)10-14(18)16(13)15-7-5-6-8-19(15)20;1-2/h5-11H,4H2,1-3H3;1-2H3/q+1;. The van der Waals surface area contributed by atoms with E-state index < -0.39 is 21.8 Å². The van der Waals surface area contributed by atoms with Gasteiger partial charge in [-0.3, -0.25) is 0 Å². The Morgan fingerprint density at radius 2 is 1.86 bits per heavy atom. The Morgan fingerprint density at radius 1 is 1.18 bits per heavy atom. The van der Waals surface area contributed by atoms with Crippen molar-refractivity contribution in [2.45, 2.75) is 32.9 Å². The van der Waals surface area contributed by atoms with Crippen molar-refractivity contribution >= 4 is 10.2 Å². The van der Waals surface area contributed by atoms with Gasteiger partial charge in [0.15, 0.2) is 6.20 Å². The molecule has 1 aromatic carbocycles. The zero-order chi connectivity index (χ0) is 16.5. The number of hydrogen-bond donors (Lipinski definition) is 0. The Morgan fingerprint density at radius 3 is 2.50 bits per heavy atom. The summed E-state index contributed by atoms with van der Waals surface area (Å²) in [6.07, 6.45) is 4.25. The monoisotopic (exact) mass is 324 g/mol. The summed E-state index contributed by atoms with van der Waals surface area (Å²) in [5.74, 6) is 0.0210. The molecule has 0 bridgehead atoms. The second kappa shape index (κ2) is 6.37. The normalized spacial score (nSPS) is 25.1. The number of nitrogens with zero attached hydrogens (tertiary/aromatic N) is 1. The van der Waals surface area contributed by atoms with Crippen LogP contribution in [0.15, 0.2) is 36.5 Å². The van der Waals surface area contributed by atoms with Crippen LogP contribution >= 0.6 is 10.2 Å². The molecular weight excluding hydrogens is 300 g/mol. The van der Waals surface area contributed by atoms with Crippen LogP contribution in [0.1, 0.15) is 38.5 Å². The van der Waals surface area contributed by atoms with Gasteiger partial charge in [-0.1, -0.05) is 20.8 Å². The van der Waals surface area contributed by atoms with Crippen LogP contribution in [0.4, 0.5) is 8.78 Å². The Bertz CT molecular complexity index is 687. The molecule has 0 amide bonds. The van der Waals surface area contributed by atoms with Gasteiger partial charge in [0.1, 0.15) is 11.6 Å². The lowest BCUT2D eigenvalue weighted by Gasteiger charge is -2.40. The molecule has 4 heteroatoms. The van der Waals surface area contributed by atoms with Crippen molar-refractivity contribution in [1.29, 1.82) is 0 Å². The highest BCUT2D eigenvalue weighted by molar-refractivity contribution is 8.27. The van der Waals surface area contributed by atoms with Crippen molar-refractivity contribution in [2.75, 3.05) is 12.0 Å². The van der Waals surface area contributed by atoms with Crippen molar-refractivity contribution in [3.8, 4) is 11.3 Å². The number of aromatic nitrogens is 1. The Labute approximate surface area is 133 Å². The average Bonchev–Trinajstić information content (AvgIpc) is 2.54. The Hall–Kier alpha value is -1.42. The van der Waals surface area contributed by atoms with Crippen molar-refractivity contribution in [3.05, 3.63) is 53.7 Å². The maximum Gasteiger partial charge on any atom is 0.227 e. The van der Waals surface area contributed by atoms with Gasteiger partial charge in [0.05, 0.1) is 10.8 Å². The highest BCUT2D eigenvalue weighted by atomic mass is 32.3. The molecule has 0 spiro atoms. The predicted molar refractivity (Wildman–Crippen MR) is 91.2 cm³/mol. The van der Waals surface area contributed by atoms with Crippen LogP contribution in [0.25, 0.3) is 11.3 Å². The van der Waals surface area contributed by atoms with Gasteiger partial charge in [-0.2, -0.15) is 3.97 Å². The smallest absolute Gasteiger partial charge is 0.207 e. The molecule has 3 rings (SSSR count). The minimum absolute atomic E-state index is 0.132. The van der Waals surface area contributed by atoms with Crippen LogP contribution < -0.4 is 3.97 Å². The van der Waals surface area contributed by atoms with Gasteiger partial charge in [0.25, 0.3) is 0 Å². The molecule has 2 aromatic rings. The Kier molecular flexibility index (Phi) is 4.90. The lowest BCUT2D eigenvalue weighted by Crippen LogP contribution is -2.46. The molecule has 22 heavy (non-hydrogen) atoms. The van der Waals surface area contributed by atoms with Crippen LogP contribution in [0.2, 0.25) is 0 Å². The molecule has 0 saturated carbocycles. The number of fused-ring (bicyclic) bond motifs is 3. The quantitative estimate of drug-likeness (QED) is 0.632. The summed E-state index contributed by atoms with van der Waals surface area (Å²) in [6, 6.07) is 8.29. The van der Waals surface area contributed by atoms with Crippen molar-refractivity contribution < 1.29 is 12.8 Å². The van der Waals surface area contributed by atoms with E-state index in [2.05, 4.69) is 24.1 Å². The molecular formula is C18H24F2NS+. The first-order chi connectivity index (χ1) is 10.5. The maximum atomic E-state index is 14.3. The molecule has 0 saturated heterocycles. The minimum Gasteiger partial charge on any atom is -0.207 e. The lowest BCUT2D eigenvalue weighted by molar-refractivity contribution is -0.494. The van der Waals surface area contributed by atoms with Crippen LogP contribution in [0.5, 0.6) is 0 Å². The molecule has 120 valence electrons. The molecule has 0 fully saturated rings. The molecule has 1 aliphatic heterocycles. The highest BCUT2D eigenvalue weighted by Gasteiger charge is 2.43. The van der Waals surface area contributed by atoms with E-state index in [4.69, 9.17) is 0 Å². The first kappa shape index (κ1) is 16.9. The molecule has 1 nitrogen and oxygen atoms in total. The van der Waals surface area contributed by atoms with E-state index >= 15 is 0 Å². The van der Waals surface area contributed by atoms with Crippen LogP contribution in [0.3, 0.4) is 0 Å². The first-order valence-electron chi connectivity index (χ1n) is 7.74. The third-order valence-corrected chi connectivity index (χ3v) is 8.56. The van der Waals surface area contributed by atoms with E-state index in [9.17, 15) is 8.78 Å². The van der Waals surface area contributed by atoms with Gasteiger partial charge in [0, 0.05) is 30.2 Å². The van der Waals surface area contributed by atoms with Crippen LogP contribution in [-0.2, 0) is 0 Å². The number of rotatable bonds is 1. The molecule has 1 aliphatic rings. The van der Waals surface area contributed by atoms with Crippen LogP contribution in [0, 0.1) is 11.6 Å². The molecule has 0 N–H and O–H groups in total. The largest absolute Gasteiger partial charge is 0.227 e. The van der Waals surface area contributed by atoms with Gasteiger partial charge in [-0.05, 0) is 34.8 Å². The number of halogens is 2. The maximum absolute atomic E-state index is 14.3. The topological polar surface area (TPSA) is 3.88 Å². The Balaban J connectivity index is 0.000000847. The zero-order valence-corrected chi connectivity index (χ0v) is 14.7. The van der Waals surface area contributed by atoms with E-state index in [1.807, 2.05) is 38.2 Å². The van der Waals surface area contributed by atoms with E-state index in [-0.39, 0.29) is 5.25 Å². The molecule has 1 aromatic heterocycles. The fraction of sp³-hybridized carbons (Fsp3) is 0.389. The second-order valence-corrected chi connectivity index (χ2v) is 9.20. The summed E-state index contributed by atoms with van der Waals surface area (Å²) in [5, 5.41) is 0.132. The van der Waals surface area contributed by atoms with Gasteiger partial charge in [-0.15, -0.1) is 0 Å². The summed E-state index contributed by atoms with van der Waals surface area (Å²) < 4.78 is 30.1. The van der Waals surface area contributed by atoms with E-state index in [1.54, 1.807) is 0 Å². The lowest BCUT2D eigenvalue weighted by atomic mass is 10.0. The van der Waals surface area contributed by atoms with E-state index in [0.717, 1.165) is 23.1 Å². The SMILES string of the molecule is CC.CCS1(C)C(C)c2cc(F)cc(F)c2-c2cccc[n+]21. The summed E-state index contributed by atoms with van der Waals surface area (Å²) in [4.78, 5) is 0. The third-order valence-electron chi connectivity index (χ3n) is 4.40. The number of hydrogen-bond acceptors (Lipinski definition) is 0. The highest BCUT2D eigenvalue weighted by Crippen LogP contribution is 2.58. The van der Waals surface area contributed by atoms with E-state index in [0.29, 0.717) is 5.56 Å². The second-order valence-electron chi connectivity index (χ2n) is 5.30. The van der Waals surface area contributed by atoms with Gasteiger partial charge in [-0.25, -0.2) is 8.78 Å². The number of benzene rings is 1. The average molecular weight is 324 g/mol. The zero-order valence-electron chi connectivity index (χ0n) is 13.9. The fourth-order valence-electron chi connectivity index (χ4n) is 3.00. The predicted octanol–water partition coefficient (Wildman–Crippen LogP) is 5.24. The molecule has 2 atom stereocenters. The fourth-order valence-corrected chi connectivity index (χ4v) is 5.80. The summed E-state index contributed by atoms with van der Waals surface area (Å²) in [6.45, 7) is 8.23. The van der Waals surface area contributed by atoms with Crippen molar-refractivity contribution in [3.63, 3.8) is 0 Å². The van der Waals surface area contributed by atoms with Crippen LogP contribution in [-0.4, -0.2) is 12.0 Å². The van der Waals surface area contributed by atoms with Gasteiger partial charge < -0.3 is 0 Å². The molecule has 2 unspecified atom stereocenters. The summed E-state index contributed by atoms with van der Waals surface area (Å²) in [5.41, 5.74) is 2.21. The minimum atomic E-state index is -1.18. The summed E-state index contributed by atoms with van der Waals surface area (Å²) in [7, 11) is -1.18. The van der Waals surface area contributed by atoms with Crippen molar-refractivity contribution in [1.82, 2.24) is 0 Å². The molecule has 0 aliphatic carbocycles. The molecule has 2 heterocycles. The van der Waals surface area contributed by atoms with Crippen molar-refractivity contribution in [2.24, 2.45) is 0 Å².